The van der Waals surface area contributed by atoms with Crippen molar-refractivity contribution in [1.29, 1.82) is 5.26 Å². The van der Waals surface area contributed by atoms with Crippen LogP contribution in [0.5, 0.6) is 5.75 Å². The highest BCUT2D eigenvalue weighted by Crippen LogP contribution is 2.40. The first kappa shape index (κ1) is 23.9. The van der Waals surface area contributed by atoms with E-state index in [4.69, 9.17) is 4.74 Å². The van der Waals surface area contributed by atoms with Crippen molar-refractivity contribution in [2.24, 2.45) is 5.92 Å². The number of ketones is 1. The van der Waals surface area contributed by atoms with E-state index in [-0.39, 0.29) is 29.9 Å². The van der Waals surface area contributed by atoms with Crippen LogP contribution in [0.2, 0.25) is 0 Å². The molecule has 1 aromatic heterocycles. The Bertz CT molecular complexity index is 1370. The molecule has 0 bridgehead atoms. The number of urea groups is 1. The van der Waals surface area contributed by atoms with Gasteiger partial charge in [-0.05, 0) is 62.9 Å². The molecule has 1 atom stereocenters. The van der Waals surface area contributed by atoms with Crippen molar-refractivity contribution in [1.82, 2.24) is 20.4 Å². The molecule has 2 heterocycles. The third-order valence-corrected chi connectivity index (χ3v) is 7.68. The molecule has 36 heavy (non-hydrogen) atoms. The molecule has 9 heteroatoms. The number of hydrogen-bond donors (Lipinski definition) is 1. The fourth-order valence-electron chi connectivity index (χ4n) is 4.70. The number of amides is 2. The summed E-state index contributed by atoms with van der Waals surface area (Å²) >= 11 is 1.48. The Hall–Kier alpha value is -3.77. The Kier molecular flexibility index (Phi) is 6.46. The second kappa shape index (κ2) is 9.70. The van der Waals surface area contributed by atoms with Crippen LogP contribution < -0.4 is 10.1 Å². The molecule has 0 spiro atoms. The molecule has 1 aliphatic carbocycles. The summed E-state index contributed by atoms with van der Waals surface area (Å²) in [7, 11) is 0. The number of nitriles is 1. The normalized spacial score (nSPS) is 16.9. The molecule has 2 aliphatic rings. The van der Waals surface area contributed by atoms with Gasteiger partial charge in [-0.25, -0.2) is 4.79 Å². The number of nitrogens with one attached hydrogen (secondary N) is 1. The molecule has 1 saturated heterocycles. The summed E-state index contributed by atoms with van der Waals surface area (Å²) in [5, 5.41) is 23.1. The second-order valence-corrected chi connectivity index (χ2v) is 10.5. The Morgan fingerprint density at radius 1 is 1.19 bits per heavy atom. The minimum absolute atomic E-state index is 0.0202. The van der Waals surface area contributed by atoms with E-state index in [9.17, 15) is 14.9 Å². The highest BCUT2D eigenvalue weighted by atomic mass is 32.1. The number of nitrogens with zero attached hydrogens (tertiary/aromatic N) is 4. The lowest BCUT2D eigenvalue weighted by atomic mass is 9.96. The lowest BCUT2D eigenvalue weighted by Crippen LogP contribution is -2.56. The molecule has 0 saturated carbocycles. The second-order valence-electron chi connectivity index (χ2n) is 9.53. The van der Waals surface area contributed by atoms with Crippen molar-refractivity contribution in [3.8, 4) is 33.0 Å². The SMILES string of the molecule is CC(=O)C1CN(C(=O)N[C@H]2CCc3c(-c4nnc(-c5ccc(OC(C)C)c(C#N)c5)s4)cccc32)C1. The van der Waals surface area contributed by atoms with Gasteiger partial charge >= 0.3 is 6.03 Å². The van der Waals surface area contributed by atoms with Crippen molar-refractivity contribution >= 4 is 23.2 Å². The van der Waals surface area contributed by atoms with E-state index < -0.39 is 0 Å². The third-order valence-electron chi connectivity index (χ3n) is 6.68. The monoisotopic (exact) mass is 501 g/mol. The van der Waals surface area contributed by atoms with Gasteiger partial charge in [-0.2, -0.15) is 5.26 Å². The Labute approximate surface area is 213 Å². The molecule has 0 radical (unpaired) electrons. The van der Waals surface area contributed by atoms with E-state index in [1.165, 1.54) is 16.9 Å². The van der Waals surface area contributed by atoms with Crippen LogP contribution in [0.1, 0.15) is 49.9 Å². The molecule has 1 aliphatic heterocycles. The van der Waals surface area contributed by atoms with Gasteiger partial charge in [0.05, 0.1) is 23.6 Å². The number of fused-ring (bicyclic) bond motifs is 1. The molecule has 184 valence electrons. The van der Waals surface area contributed by atoms with E-state index in [0.717, 1.165) is 39.5 Å². The third kappa shape index (κ3) is 4.56. The minimum atomic E-state index is -0.118. The van der Waals surface area contributed by atoms with Crippen LogP contribution in [0.25, 0.3) is 21.1 Å². The average Bonchev–Trinajstić information content (AvgIpc) is 3.45. The van der Waals surface area contributed by atoms with Crippen LogP contribution in [-0.2, 0) is 11.2 Å². The number of rotatable bonds is 6. The molecule has 1 N–H and O–H groups in total. The zero-order valence-electron chi connectivity index (χ0n) is 20.4. The zero-order chi connectivity index (χ0) is 25.4. The van der Waals surface area contributed by atoms with Crippen molar-refractivity contribution in [3.05, 3.63) is 53.1 Å². The number of carbonyl (C=O) groups is 2. The van der Waals surface area contributed by atoms with Gasteiger partial charge in [0.1, 0.15) is 27.6 Å². The van der Waals surface area contributed by atoms with Gasteiger partial charge in [0.2, 0.25) is 0 Å². The summed E-state index contributed by atoms with van der Waals surface area (Å²) in [5.74, 6) is 0.660. The summed E-state index contributed by atoms with van der Waals surface area (Å²) in [4.78, 5) is 25.8. The standard InChI is InChI=1S/C27H27N5O3S/c1-15(2)35-24-10-7-17(11-18(24)12-28)25-30-31-26(36-25)22-6-4-5-21-20(22)8-9-23(21)29-27(34)32-13-19(14-32)16(3)33/h4-7,10-11,15,19,23H,8-9,13-14H2,1-3H3,(H,29,34)/t23-/m0/s1. The number of aromatic nitrogens is 2. The average molecular weight is 502 g/mol. The number of hydrogen-bond acceptors (Lipinski definition) is 7. The largest absolute Gasteiger partial charge is 0.490 e. The van der Waals surface area contributed by atoms with Crippen LogP contribution in [0, 0.1) is 17.2 Å². The van der Waals surface area contributed by atoms with Crippen LogP contribution in [0.4, 0.5) is 4.79 Å². The number of benzene rings is 2. The maximum absolute atomic E-state index is 12.7. The van der Waals surface area contributed by atoms with E-state index in [1.54, 1.807) is 24.0 Å². The maximum Gasteiger partial charge on any atom is 0.317 e. The van der Waals surface area contributed by atoms with Gasteiger partial charge in [-0.3, -0.25) is 4.79 Å². The fraction of sp³-hybridized carbons (Fsp3) is 0.370. The minimum Gasteiger partial charge on any atom is -0.490 e. The first-order valence-electron chi connectivity index (χ1n) is 12.1. The summed E-state index contributed by atoms with van der Waals surface area (Å²) in [6.45, 7) is 6.41. The first-order valence-corrected chi connectivity index (χ1v) is 12.9. The Balaban J connectivity index is 1.34. The van der Waals surface area contributed by atoms with Crippen molar-refractivity contribution in [3.63, 3.8) is 0 Å². The van der Waals surface area contributed by atoms with Crippen molar-refractivity contribution < 1.29 is 14.3 Å². The molecule has 2 amide bonds. The van der Waals surface area contributed by atoms with Crippen LogP contribution in [0.15, 0.2) is 36.4 Å². The number of likely N-dealkylation sites (tertiary alicyclic amines) is 1. The Morgan fingerprint density at radius 2 is 1.97 bits per heavy atom. The first-order chi connectivity index (χ1) is 17.3. The fourth-order valence-corrected chi connectivity index (χ4v) is 5.59. The topological polar surface area (TPSA) is 108 Å². The van der Waals surface area contributed by atoms with E-state index in [1.807, 2.05) is 32.0 Å². The predicted octanol–water partition coefficient (Wildman–Crippen LogP) is 4.75. The maximum atomic E-state index is 12.7. The molecule has 2 aromatic carbocycles. The lowest BCUT2D eigenvalue weighted by Gasteiger charge is -2.38. The lowest BCUT2D eigenvalue weighted by molar-refractivity contribution is -0.124. The van der Waals surface area contributed by atoms with Crippen LogP contribution in [-0.4, -0.2) is 46.1 Å². The number of ether oxygens (including phenoxy) is 1. The number of carbonyl (C=O) groups excluding carboxylic acids is 2. The molecular weight excluding hydrogens is 474 g/mol. The van der Waals surface area contributed by atoms with Gasteiger partial charge in [0.25, 0.3) is 0 Å². The van der Waals surface area contributed by atoms with E-state index in [0.29, 0.717) is 24.4 Å². The van der Waals surface area contributed by atoms with Crippen molar-refractivity contribution in [2.45, 2.75) is 45.8 Å². The predicted molar refractivity (Wildman–Crippen MR) is 137 cm³/mol. The Morgan fingerprint density at radius 3 is 2.69 bits per heavy atom. The van der Waals surface area contributed by atoms with Gasteiger partial charge < -0.3 is 15.0 Å². The van der Waals surface area contributed by atoms with Crippen LogP contribution in [0.3, 0.4) is 0 Å². The summed E-state index contributed by atoms with van der Waals surface area (Å²) < 4.78 is 5.73. The molecule has 8 nitrogen and oxygen atoms in total. The molecule has 1 fully saturated rings. The smallest absolute Gasteiger partial charge is 0.317 e. The number of Topliss-reactive ketones (excluding diaryl/α,β-unsaturated/α-hetero) is 1. The molecule has 3 aromatic rings. The van der Waals surface area contributed by atoms with E-state index >= 15 is 0 Å². The quantitative estimate of drug-likeness (QED) is 0.522. The highest BCUT2D eigenvalue weighted by Gasteiger charge is 2.35. The van der Waals surface area contributed by atoms with Gasteiger partial charge in [-0.1, -0.05) is 29.5 Å². The summed E-state index contributed by atoms with van der Waals surface area (Å²) in [6.07, 6.45) is 1.63. The van der Waals surface area contributed by atoms with Gasteiger partial charge in [-0.15, -0.1) is 10.2 Å². The molecular formula is C27H27N5O3S. The van der Waals surface area contributed by atoms with Gasteiger partial charge in [0.15, 0.2) is 0 Å². The van der Waals surface area contributed by atoms with Gasteiger partial charge in [0, 0.05) is 24.2 Å². The molecule has 5 rings (SSSR count). The van der Waals surface area contributed by atoms with E-state index in [2.05, 4.69) is 27.6 Å². The summed E-state index contributed by atoms with van der Waals surface area (Å²) in [5.41, 5.74) is 4.59. The summed E-state index contributed by atoms with van der Waals surface area (Å²) in [6, 6.07) is 13.6. The van der Waals surface area contributed by atoms with Crippen molar-refractivity contribution in [2.75, 3.05) is 13.1 Å². The highest BCUT2D eigenvalue weighted by molar-refractivity contribution is 7.17. The zero-order valence-corrected chi connectivity index (χ0v) is 21.3. The molecule has 0 unspecified atom stereocenters. The van der Waals surface area contributed by atoms with Crippen LogP contribution >= 0.6 is 11.3 Å².